The second-order valence-electron chi connectivity index (χ2n) is 11.1. The summed E-state index contributed by atoms with van der Waals surface area (Å²) in [6, 6.07) is 25.8. The van der Waals surface area contributed by atoms with E-state index in [2.05, 4.69) is 129 Å². The Balaban J connectivity index is 1.80. The third-order valence-corrected chi connectivity index (χ3v) is 19.0. The third-order valence-electron chi connectivity index (χ3n) is 6.58. The molecule has 3 aromatic carbocycles. The van der Waals surface area contributed by atoms with E-state index in [4.69, 9.17) is 0 Å². The van der Waals surface area contributed by atoms with Gasteiger partial charge in [0.1, 0.15) is 0 Å². The van der Waals surface area contributed by atoms with Gasteiger partial charge in [-0.05, 0) is 48.7 Å². The molecule has 0 bridgehead atoms. The maximum atomic E-state index is 2.61. The molecule has 33 heavy (non-hydrogen) atoms. The Morgan fingerprint density at radius 3 is 1.61 bits per heavy atom. The van der Waals surface area contributed by atoms with Gasteiger partial charge in [0.25, 0.3) is 0 Å². The molecular formula is C28H29PS2Si2. The summed E-state index contributed by atoms with van der Waals surface area (Å²) < 4.78 is 6.47. The lowest BCUT2D eigenvalue weighted by Crippen LogP contribution is -2.34. The van der Waals surface area contributed by atoms with Crippen LogP contribution in [0.2, 0.25) is 39.3 Å². The summed E-state index contributed by atoms with van der Waals surface area (Å²) in [4.78, 5) is 0. The van der Waals surface area contributed by atoms with Crippen molar-refractivity contribution >= 4 is 96.5 Å². The van der Waals surface area contributed by atoms with Crippen molar-refractivity contribution < 1.29 is 0 Å². The first-order valence-electron chi connectivity index (χ1n) is 11.6. The smallest absolute Gasteiger partial charge is 0.0904 e. The SMILES string of the molecule is C[Si](C)(C)c1cc2c(s1)c1sc([Si](C)(C)C)cc1p2-c1cc2ccccc2c2ccccc12. The minimum Gasteiger partial charge on any atom is -0.143 e. The fourth-order valence-corrected chi connectivity index (χ4v) is 14.8. The van der Waals surface area contributed by atoms with E-state index in [1.54, 1.807) is 33.9 Å². The van der Waals surface area contributed by atoms with E-state index >= 15 is 0 Å². The topological polar surface area (TPSA) is 0 Å². The maximum absolute atomic E-state index is 2.61. The normalized spacial score (nSPS) is 13.2. The maximum Gasteiger partial charge on any atom is 0.0904 e. The molecule has 0 atom stereocenters. The van der Waals surface area contributed by atoms with Crippen LogP contribution in [0.15, 0.2) is 66.7 Å². The first-order valence-corrected chi connectivity index (χ1v) is 21.6. The van der Waals surface area contributed by atoms with Gasteiger partial charge in [-0.25, -0.2) is 0 Å². The van der Waals surface area contributed by atoms with Crippen molar-refractivity contribution in [2.45, 2.75) is 39.3 Å². The van der Waals surface area contributed by atoms with Gasteiger partial charge in [-0.3, -0.25) is 0 Å². The Labute approximate surface area is 207 Å². The quantitative estimate of drug-likeness (QED) is 0.162. The van der Waals surface area contributed by atoms with Crippen LogP contribution < -0.4 is 9.00 Å². The number of rotatable bonds is 3. The average molecular weight is 517 g/mol. The molecule has 0 nitrogen and oxygen atoms in total. The van der Waals surface area contributed by atoms with Gasteiger partial charge < -0.3 is 0 Å². The number of hydrogen-bond donors (Lipinski definition) is 0. The minimum absolute atomic E-state index is 0.532. The van der Waals surface area contributed by atoms with Gasteiger partial charge >= 0.3 is 0 Å². The highest BCUT2D eigenvalue weighted by Crippen LogP contribution is 2.59. The van der Waals surface area contributed by atoms with Gasteiger partial charge in [-0.15, -0.1) is 22.7 Å². The first-order chi connectivity index (χ1) is 15.6. The highest BCUT2D eigenvalue weighted by molar-refractivity contribution is 7.70. The molecule has 0 aliphatic rings. The lowest BCUT2D eigenvalue weighted by atomic mass is 10.0. The van der Waals surface area contributed by atoms with E-state index in [-0.39, 0.29) is 0 Å². The van der Waals surface area contributed by atoms with Crippen molar-refractivity contribution in [3.8, 4) is 5.30 Å². The van der Waals surface area contributed by atoms with Crippen LogP contribution in [0.4, 0.5) is 0 Å². The van der Waals surface area contributed by atoms with E-state index in [1.165, 1.54) is 21.5 Å². The van der Waals surface area contributed by atoms with Crippen LogP contribution in [0, 0.1) is 0 Å². The molecule has 0 amide bonds. The Kier molecular flexibility index (Phi) is 4.90. The lowest BCUT2D eigenvalue weighted by molar-refractivity contribution is 1.78. The molecule has 0 spiro atoms. The highest BCUT2D eigenvalue weighted by atomic mass is 32.1. The van der Waals surface area contributed by atoms with Crippen LogP contribution in [-0.4, -0.2) is 16.1 Å². The summed E-state index contributed by atoms with van der Waals surface area (Å²) in [5, 5.41) is 10.3. The summed E-state index contributed by atoms with van der Waals surface area (Å²) in [7, 11) is -3.26. The van der Waals surface area contributed by atoms with E-state index in [9.17, 15) is 0 Å². The minimum atomic E-state index is -1.36. The largest absolute Gasteiger partial charge is 0.143 e. The molecule has 0 unspecified atom stereocenters. The molecule has 0 fully saturated rings. The van der Waals surface area contributed by atoms with Crippen LogP contribution >= 0.6 is 30.2 Å². The van der Waals surface area contributed by atoms with Gasteiger partial charge in [0.05, 0.1) is 25.5 Å². The zero-order chi connectivity index (χ0) is 23.1. The monoisotopic (exact) mass is 516 g/mol. The van der Waals surface area contributed by atoms with Gasteiger partial charge in [0.2, 0.25) is 0 Å². The Hall–Kier alpha value is -1.69. The van der Waals surface area contributed by atoms with Crippen LogP contribution in [-0.2, 0) is 0 Å². The standard InChI is InChI=1S/C28H29PS2Si2/c1-32(2,3)25-16-23-27(30-25)28-24(17-26(31-28)33(4,5)6)29(23)22-15-18-11-7-8-12-19(18)20-13-9-10-14-21(20)22/h7-17H,1-6H3. The molecule has 0 aliphatic carbocycles. The molecule has 3 aromatic heterocycles. The average Bonchev–Trinajstić information content (AvgIpc) is 3.43. The predicted octanol–water partition coefficient (Wildman–Crippen LogP) is 9.49. The second kappa shape index (κ2) is 7.40. The highest BCUT2D eigenvalue weighted by Gasteiger charge is 2.28. The number of benzene rings is 3. The van der Waals surface area contributed by atoms with E-state index in [0.29, 0.717) is 0 Å². The number of fused-ring (bicyclic) bond motifs is 6. The van der Waals surface area contributed by atoms with Crippen molar-refractivity contribution in [2.24, 2.45) is 0 Å². The van der Waals surface area contributed by atoms with Crippen LogP contribution in [0.3, 0.4) is 0 Å². The van der Waals surface area contributed by atoms with Crippen LogP contribution in [0.5, 0.6) is 0 Å². The van der Waals surface area contributed by atoms with Crippen molar-refractivity contribution in [1.82, 2.24) is 0 Å². The van der Waals surface area contributed by atoms with E-state index in [1.807, 2.05) is 0 Å². The molecule has 166 valence electrons. The summed E-state index contributed by atoms with van der Waals surface area (Å²) in [5.74, 6) is 0. The molecular weight excluding hydrogens is 488 g/mol. The molecule has 0 saturated carbocycles. The first kappa shape index (κ1) is 21.8. The van der Waals surface area contributed by atoms with E-state index in [0.717, 1.165) is 0 Å². The van der Waals surface area contributed by atoms with Crippen molar-refractivity contribution in [3.63, 3.8) is 0 Å². The molecule has 0 aliphatic heterocycles. The second-order valence-corrected chi connectivity index (χ2v) is 26.2. The zero-order valence-electron chi connectivity index (χ0n) is 20.1. The van der Waals surface area contributed by atoms with Crippen LogP contribution in [0.1, 0.15) is 0 Å². The number of hydrogen-bond acceptors (Lipinski definition) is 2. The summed E-state index contributed by atoms with van der Waals surface area (Å²) >= 11 is 4.21. The molecule has 0 N–H and O–H groups in total. The summed E-state index contributed by atoms with van der Waals surface area (Å²) in [5.41, 5.74) is 0. The van der Waals surface area contributed by atoms with Crippen molar-refractivity contribution in [2.75, 3.05) is 0 Å². The van der Waals surface area contributed by atoms with Crippen molar-refractivity contribution in [3.05, 3.63) is 66.7 Å². The zero-order valence-corrected chi connectivity index (χ0v) is 24.6. The summed E-state index contributed by atoms with van der Waals surface area (Å²) in [6.45, 7) is 14.9. The fraction of sp³-hybridized carbons (Fsp3) is 0.214. The Morgan fingerprint density at radius 2 is 1.06 bits per heavy atom. The molecule has 6 aromatic rings. The molecule has 3 heterocycles. The Morgan fingerprint density at radius 1 is 0.576 bits per heavy atom. The van der Waals surface area contributed by atoms with Gasteiger partial charge in [-0.1, -0.05) is 95.3 Å². The van der Waals surface area contributed by atoms with Gasteiger partial charge in [-0.2, -0.15) is 0 Å². The number of thiophene rings is 2. The lowest BCUT2D eigenvalue weighted by Gasteiger charge is -2.14. The van der Waals surface area contributed by atoms with Gasteiger partial charge in [0, 0.05) is 15.5 Å². The van der Waals surface area contributed by atoms with Crippen molar-refractivity contribution in [1.29, 1.82) is 0 Å². The molecule has 5 heteroatoms. The molecule has 6 rings (SSSR count). The molecule has 0 saturated heterocycles. The summed E-state index contributed by atoms with van der Waals surface area (Å²) in [6.07, 6.45) is 0. The Bertz CT molecular complexity index is 1620. The third kappa shape index (κ3) is 3.42. The predicted molar refractivity (Wildman–Crippen MR) is 162 cm³/mol. The van der Waals surface area contributed by atoms with Crippen LogP contribution in [0.25, 0.3) is 46.5 Å². The fourth-order valence-electron chi connectivity index (χ4n) is 4.77. The molecule has 0 radical (unpaired) electrons. The van der Waals surface area contributed by atoms with E-state index < -0.39 is 23.7 Å². The van der Waals surface area contributed by atoms with Gasteiger partial charge in [0.15, 0.2) is 0 Å².